The number of hydrogen-bond donors (Lipinski definition) is 0. The van der Waals surface area contributed by atoms with Crippen LogP contribution >= 0.6 is 0 Å². The van der Waals surface area contributed by atoms with Gasteiger partial charge in [-0.1, -0.05) is 17.2 Å². The van der Waals surface area contributed by atoms with Gasteiger partial charge < -0.3 is 23.4 Å². The number of nitrogens with zero attached hydrogens (tertiary/aromatic N) is 4. The molecule has 2 aliphatic heterocycles. The fraction of sp³-hybridized carbons (Fsp3) is 0.700. The Bertz CT molecular complexity index is 857. The Morgan fingerprint density at radius 1 is 1.28 bits per heavy atom. The molecule has 1 amide bonds. The number of carbonyl (C=O) groups is 1. The molecule has 9 nitrogen and oxygen atoms in total. The average molecular weight is 404 g/mol. The van der Waals surface area contributed by atoms with Crippen LogP contribution in [0.2, 0.25) is 0 Å². The topological polar surface area (TPSA) is 104 Å². The van der Waals surface area contributed by atoms with Crippen molar-refractivity contribution in [1.29, 1.82) is 0 Å². The zero-order chi connectivity index (χ0) is 20.4. The third kappa shape index (κ3) is 3.93. The van der Waals surface area contributed by atoms with Gasteiger partial charge in [0.05, 0.1) is 12.2 Å². The minimum Gasteiger partial charge on any atom is -0.381 e. The molecule has 2 aromatic rings. The molecule has 4 heterocycles. The van der Waals surface area contributed by atoms with Crippen LogP contribution in [0, 0.1) is 6.92 Å². The number of ether oxygens (including phenoxy) is 2. The normalized spacial score (nSPS) is 23.5. The van der Waals surface area contributed by atoms with Gasteiger partial charge in [-0.25, -0.2) is 0 Å². The van der Waals surface area contributed by atoms with E-state index in [-0.39, 0.29) is 17.2 Å². The number of piperidine rings is 1. The molecule has 0 spiro atoms. The molecule has 29 heavy (non-hydrogen) atoms. The van der Waals surface area contributed by atoms with E-state index in [1.54, 1.807) is 14.0 Å². The molecular formula is C20H28N4O5. The summed E-state index contributed by atoms with van der Waals surface area (Å²) in [4.78, 5) is 19.7. The summed E-state index contributed by atoms with van der Waals surface area (Å²) in [5.41, 5.74) is 0.664. The van der Waals surface area contributed by atoms with E-state index in [1.165, 1.54) is 0 Å². The SMILES string of the molecule is COCc1c(C(=O)N2CCCC(C)(c3noc(C4CCOCC4)n3)C2)noc1C. The van der Waals surface area contributed by atoms with Crippen LogP contribution in [0.15, 0.2) is 9.05 Å². The van der Waals surface area contributed by atoms with Crippen LogP contribution in [0.1, 0.15) is 72.1 Å². The molecule has 0 radical (unpaired) electrons. The fourth-order valence-electron chi connectivity index (χ4n) is 4.21. The van der Waals surface area contributed by atoms with Crippen LogP contribution in [-0.2, 0) is 21.5 Å². The quantitative estimate of drug-likeness (QED) is 0.749. The lowest BCUT2D eigenvalue weighted by Gasteiger charge is -2.38. The lowest BCUT2D eigenvalue weighted by atomic mass is 9.81. The van der Waals surface area contributed by atoms with Crippen molar-refractivity contribution in [3.05, 3.63) is 28.7 Å². The monoisotopic (exact) mass is 404 g/mol. The van der Waals surface area contributed by atoms with Gasteiger partial charge in [0.1, 0.15) is 5.76 Å². The van der Waals surface area contributed by atoms with Gasteiger partial charge in [0.25, 0.3) is 5.91 Å². The van der Waals surface area contributed by atoms with Crippen LogP contribution in [0.25, 0.3) is 0 Å². The van der Waals surface area contributed by atoms with Crippen LogP contribution in [0.3, 0.4) is 0 Å². The number of rotatable bonds is 5. The highest BCUT2D eigenvalue weighted by Crippen LogP contribution is 2.34. The van der Waals surface area contributed by atoms with E-state index in [1.807, 2.05) is 4.90 Å². The van der Waals surface area contributed by atoms with Crippen LogP contribution in [0.5, 0.6) is 0 Å². The largest absolute Gasteiger partial charge is 0.381 e. The first kappa shape index (κ1) is 20.0. The summed E-state index contributed by atoms with van der Waals surface area (Å²) in [6.07, 6.45) is 3.56. The number of aromatic nitrogens is 3. The first-order valence-corrected chi connectivity index (χ1v) is 10.2. The van der Waals surface area contributed by atoms with E-state index in [0.29, 0.717) is 48.4 Å². The van der Waals surface area contributed by atoms with Gasteiger partial charge in [-0.2, -0.15) is 4.98 Å². The number of aryl methyl sites for hydroxylation is 1. The van der Waals surface area contributed by atoms with Crippen molar-refractivity contribution < 1.29 is 23.3 Å². The Hall–Kier alpha value is -2.26. The molecule has 4 rings (SSSR count). The van der Waals surface area contributed by atoms with Gasteiger partial charge in [-0.05, 0) is 32.6 Å². The van der Waals surface area contributed by atoms with Crippen molar-refractivity contribution in [2.24, 2.45) is 0 Å². The van der Waals surface area contributed by atoms with Gasteiger partial charge in [-0.15, -0.1) is 0 Å². The maximum atomic E-state index is 13.2. The second kappa shape index (κ2) is 8.23. The number of methoxy groups -OCH3 is 1. The summed E-state index contributed by atoms with van der Waals surface area (Å²) in [5, 5.41) is 8.27. The molecule has 2 saturated heterocycles. The maximum Gasteiger partial charge on any atom is 0.276 e. The van der Waals surface area contributed by atoms with Crippen molar-refractivity contribution in [1.82, 2.24) is 20.2 Å². The predicted octanol–water partition coefficient (Wildman–Crippen LogP) is 2.60. The van der Waals surface area contributed by atoms with Gasteiger partial charge in [0.2, 0.25) is 5.89 Å². The molecule has 2 fully saturated rings. The molecule has 0 N–H and O–H groups in total. The standard InChI is InChI=1S/C20H28N4O5/c1-13-15(11-26-3)16(22-28-13)18(25)24-8-4-7-20(2,12-24)19-21-17(29-23-19)14-5-9-27-10-6-14/h14H,4-12H2,1-3H3. The van der Waals surface area contributed by atoms with E-state index in [0.717, 1.165) is 38.9 Å². The van der Waals surface area contributed by atoms with E-state index in [9.17, 15) is 4.79 Å². The van der Waals surface area contributed by atoms with Crippen LogP contribution in [-0.4, -0.2) is 59.5 Å². The van der Waals surface area contributed by atoms with Crippen molar-refractivity contribution in [3.8, 4) is 0 Å². The van der Waals surface area contributed by atoms with E-state index >= 15 is 0 Å². The predicted molar refractivity (Wildman–Crippen MR) is 102 cm³/mol. The molecule has 0 saturated carbocycles. The van der Waals surface area contributed by atoms with E-state index < -0.39 is 0 Å². The fourth-order valence-corrected chi connectivity index (χ4v) is 4.21. The lowest BCUT2D eigenvalue weighted by molar-refractivity contribution is 0.0627. The molecule has 1 atom stereocenters. The molecule has 158 valence electrons. The van der Waals surface area contributed by atoms with E-state index in [4.69, 9.17) is 23.5 Å². The molecule has 1 unspecified atom stereocenters. The number of likely N-dealkylation sites (tertiary alicyclic amines) is 1. The summed E-state index contributed by atoms with van der Waals surface area (Å²) < 4.78 is 21.5. The summed E-state index contributed by atoms with van der Waals surface area (Å²) in [7, 11) is 1.59. The summed E-state index contributed by atoms with van der Waals surface area (Å²) in [5.74, 6) is 2.07. The minimum absolute atomic E-state index is 0.145. The highest BCUT2D eigenvalue weighted by atomic mass is 16.5. The van der Waals surface area contributed by atoms with Crippen LogP contribution < -0.4 is 0 Å². The van der Waals surface area contributed by atoms with Crippen molar-refractivity contribution in [2.75, 3.05) is 33.4 Å². The number of carbonyl (C=O) groups excluding carboxylic acids is 1. The Morgan fingerprint density at radius 3 is 2.83 bits per heavy atom. The second-order valence-electron chi connectivity index (χ2n) is 8.23. The van der Waals surface area contributed by atoms with Crippen molar-refractivity contribution in [2.45, 2.75) is 57.5 Å². The molecule has 0 bridgehead atoms. The minimum atomic E-state index is -0.360. The number of amides is 1. The third-order valence-corrected chi connectivity index (χ3v) is 6.01. The Kier molecular flexibility index (Phi) is 5.69. The highest BCUT2D eigenvalue weighted by molar-refractivity contribution is 5.94. The van der Waals surface area contributed by atoms with Gasteiger partial charge in [-0.3, -0.25) is 4.79 Å². The van der Waals surface area contributed by atoms with Crippen molar-refractivity contribution in [3.63, 3.8) is 0 Å². The summed E-state index contributed by atoms with van der Waals surface area (Å²) >= 11 is 0. The zero-order valence-electron chi connectivity index (χ0n) is 17.3. The lowest BCUT2D eigenvalue weighted by Crippen LogP contribution is -2.47. The average Bonchev–Trinajstić information content (AvgIpc) is 3.37. The molecule has 0 aromatic carbocycles. The molecular weight excluding hydrogens is 376 g/mol. The molecule has 0 aliphatic carbocycles. The Morgan fingerprint density at radius 2 is 2.07 bits per heavy atom. The van der Waals surface area contributed by atoms with Crippen LogP contribution in [0.4, 0.5) is 0 Å². The van der Waals surface area contributed by atoms with Gasteiger partial charge in [0.15, 0.2) is 11.5 Å². The smallest absolute Gasteiger partial charge is 0.276 e. The molecule has 2 aromatic heterocycles. The number of hydrogen-bond acceptors (Lipinski definition) is 8. The molecule has 9 heteroatoms. The van der Waals surface area contributed by atoms with Crippen molar-refractivity contribution >= 4 is 5.91 Å². The second-order valence-corrected chi connectivity index (χ2v) is 8.23. The summed E-state index contributed by atoms with van der Waals surface area (Å²) in [6.45, 7) is 6.80. The highest BCUT2D eigenvalue weighted by Gasteiger charge is 2.40. The molecule has 2 aliphatic rings. The van der Waals surface area contributed by atoms with Gasteiger partial charge in [0, 0.05) is 44.7 Å². The van der Waals surface area contributed by atoms with E-state index in [2.05, 4.69) is 17.2 Å². The summed E-state index contributed by atoms with van der Waals surface area (Å²) in [6, 6.07) is 0. The Labute approximate surface area is 169 Å². The van der Waals surface area contributed by atoms with Gasteiger partial charge >= 0.3 is 0 Å². The first-order chi connectivity index (χ1) is 14.0. The first-order valence-electron chi connectivity index (χ1n) is 10.2. The maximum absolute atomic E-state index is 13.2. The Balaban J connectivity index is 1.51. The zero-order valence-corrected chi connectivity index (χ0v) is 17.3. The third-order valence-electron chi connectivity index (χ3n) is 6.01.